The molecule has 1 N–H and O–H groups in total. The molecule has 3 nitrogen and oxygen atoms in total. The van der Waals surface area contributed by atoms with E-state index in [1.807, 2.05) is 0 Å². The van der Waals surface area contributed by atoms with E-state index in [2.05, 4.69) is 10.3 Å². The van der Waals surface area contributed by atoms with Crippen molar-refractivity contribution in [2.24, 2.45) is 5.92 Å². The summed E-state index contributed by atoms with van der Waals surface area (Å²) in [7, 11) is 1.33. The molecular weight excluding hydrogens is 238 g/mol. The Hall–Kier alpha value is -1.23. The largest absolute Gasteiger partial charge is 0.479 e. The van der Waals surface area contributed by atoms with E-state index < -0.39 is 11.5 Å². The van der Waals surface area contributed by atoms with Crippen LogP contribution in [-0.4, -0.2) is 25.2 Å². The lowest BCUT2D eigenvalue weighted by Gasteiger charge is -2.34. The van der Waals surface area contributed by atoms with E-state index >= 15 is 0 Å². The number of piperidine rings is 1. The lowest BCUT2D eigenvalue weighted by Crippen LogP contribution is -2.40. The summed E-state index contributed by atoms with van der Waals surface area (Å²) in [5.41, 5.74) is -1.68. The molecule has 1 aliphatic heterocycles. The molecule has 2 unspecified atom stereocenters. The maximum Gasteiger partial charge on any atom is 0.250 e. The summed E-state index contributed by atoms with van der Waals surface area (Å²) < 4.78 is 33.8. The predicted octanol–water partition coefficient (Wildman–Crippen LogP) is 2.41. The van der Waals surface area contributed by atoms with Gasteiger partial charge in [0.1, 0.15) is 5.67 Å². The van der Waals surface area contributed by atoms with Crippen molar-refractivity contribution in [3.63, 3.8) is 0 Å². The number of aromatic nitrogens is 1. The van der Waals surface area contributed by atoms with Crippen LogP contribution < -0.4 is 10.1 Å². The van der Waals surface area contributed by atoms with Crippen LogP contribution in [0, 0.1) is 11.7 Å². The Kier molecular flexibility index (Phi) is 3.80. The van der Waals surface area contributed by atoms with E-state index in [9.17, 15) is 8.78 Å². The molecule has 100 valence electrons. The van der Waals surface area contributed by atoms with Crippen molar-refractivity contribution in [2.75, 3.05) is 20.2 Å². The number of hydrogen-bond donors (Lipinski definition) is 1. The first kappa shape index (κ1) is 13.2. The number of pyridine rings is 1. The zero-order valence-corrected chi connectivity index (χ0v) is 10.7. The summed E-state index contributed by atoms with van der Waals surface area (Å²) in [5.74, 6) is -1.08. The molecule has 2 rings (SSSR count). The smallest absolute Gasteiger partial charge is 0.250 e. The fourth-order valence-corrected chi connectivity index (χ4v) is 2.48. The molecule has 0 spiro atoms. The molecule has 1 aromatic heterocycles. The predicted molar refractivity (Wildman–Crippen MR) is 64.8 cm³/mol. The van der Waals surface area contributed by atoms with Gasteiger partial charge in [0.2, 0.25) is 5.88 Å². The van der Waals surface area contributed by atoms with Crippen molar-refractivity contribution >= 4 is 0 Å². The van der Waals surface area contributed by atoms with Gasteiger partial charge in [0.25, 0.3) is 0 Å². The monoisotopic (exact) mass is 256 g/mol. The third kappa shape index (κ3) is 2.32. The number of methoxy groups -OCH3 is 1. The lowest BCUT2D eigenvalue weighted by atomic mass is 9.80. The van der Waals surface area contributed by atoms with Gasteiger partial charge in [-0.1, -0.05) is 0 Å². The standard InChI is InChI=1S/C13H18F2N2O/c1-13(15,9-4-3-6-16-8-9)10-5-7-17-12(18-2)11(10)14/h5,7,9,16H,3-4,6,8H2,1-2H3. The quantitative estimate of drug-likeness (QED) is 0.901. The highest BCUT2D eigenvalue weighted by Gasteiger charge is 2.39. The van der Waals surface area contributed by atoms with Crippen molar-refractivity contribution in [2.45, 2.75) is 25.4 Å². The number of rotatable bonds is 3. The molecule has 0 radical (unpaired) electrons. The van der Waals surface area contributed by atoms with Gasteiger partial charge in [-0.25, -0.2) is 13.8 Å². The molecule has 0 amide bonds. The summed E-state index contributed by atoms with van der Waals surface area (Å²) in [6, 6.07) is 1.40. The molecule has 2 atom stereocenters. The molecule has 0 aromatic carbocycles. The van der Waals surface area contributed by atoms with Crippen LogP contribution in [0.1, 0.15) is 25.3 Å². The van der Waals surface area contributed by atoms with Gasteiger partial charge in [-0.15, -0.1) is 0 Å². The highest BCUT2D eigenvalue weighted by molar-refractivity contribution is 5.29. The Morgan fingerprint density at radius 1 is 1.56 bits per heavy atom. The summed E-state index contributed by atoms with van der Waals surface area (Å²) in [6.07, 6.45) is 3.05. The van der Waals surface area contributed by atoms with Gasteiger partial charge < -0.3 is 10.1 Å². The molecule has 0 bridgehead atoms. The zero-order chi connectivity index (χ0) is 13.2. The maximum atomic E-state index is 14.9. The van der Waals surface area contributed by atoms with Crippen molar-refractivity contribution in [1.29, 1.82) is 0 Å². The van der Waals surface area contributed by atoms with Crippen molar-refractivity contribution in [3.8, 4) is 5.88 Å². The van der Waals surface area contributed by atoms with Gasteiger partial charge in [0, 0.05) is 24.2 Å². The Morgan fingerprint density at radius 2 is 2.33 bits per heavy atom. The van der Waals surface area contributed by atoms with Crippen LogP contribution in [0.15, 0.2) is 12.3 Å². The first-order valence-electron chi connectivity index (χ1n) is 6.16. The summed E-state index contributed by atoms with van der Waals surface area (Å²) in [6.45, 7) is 2.90. The molecule has 1 aromatic rings. The Labute approximate surface area is 106 Å². The van der Waals surface area contributed by atoms with Gasteiger partial charge in [-0.2, -0.15) is 0 Å². The molecule has 18 heavy (non-hydrogen) atoms. The molecule has 1 saturated heterocycles. The molecule has 2 heterocycles. The number of halogens is 2. The first-order chi connectivity index (χ1) is 8.57. The minimum absolute atomic E-state index is 0.0306. The van der Waals surface area contributed by atoms with Crippen LogP contribution in [0.5, 0.6) is 5.88 Å². The minimum Gasteiger partial charge on any atom is -0.479 e. The second kappa shape index (κ2) is 5.18. The van der Waals surface area contributed by atoms with E-state index in [0.29, 0.717) is 6.54 Å². The van der Waals surface area contributed by atoms with Gasteiger partial charge in [-0.05, 0) is 32.4 Å². The van der Waals surface area contributed by atoms with Gasteiger partial charge in [0.05, 0.1) is 7.11 Å². The number of ether oxygens (including phenoxy) is 1. The molecule has 1 aliphatic rings. The van der Waals surface area contributed by atoms with Gasteiger partial charge >= 0.3 is 0 Å². The molecule has 0 aliphatic carbocycles. The third-order valence-corrected chi connectivity index (χ3v) is 3.64. The molecule has 0 saturated carbocycles. The Morgan fingerprint density at radius 3 is 2.94 bits per heavy atom. The van der Waals surface area contributed by atoms with Crippen molar-refractivity contribution < 1.29 is 13.5 Å². The fraction of sp³-hybridized carbons (Fsp3) is 0.615. The molecule has 5 heteroatoms. The second-order valence-electron chi connectivity index (χ2n) is 4.80. The highest BCUT2D eigenvalue weighted by Crippen LogP contribution is 2.39. The van der Waals surface area contributed by atoms with E-state index in [4.69, 9.17) is 4.74 Å². The minimum atomic E-state index is -1.71. The lowest BCUT2D eigenvalue weighted by molar-refractivity contribution is 0.0763. The van der Waals surface area contributed by atoms with Crippen LogP contribution in [0.4, 0.5) is 8.78 Å². The zero-order valence-electron chi connectivity index (χ0n) is 10.7. The normalized spacial score (nSPS) is 23.4. The van der Waals surface area contributed by atoms with Crippen LogP contribution in [-0.2, 0) is 5.67 Å². The first-order valence-corrected chi connectivity index (χ1v) is 6.16. The number of hydrogen-bond acceptors (Lipinski definition) is 3. The van der Waals surface area contributed by atoms with E-state index in [1.165, 1.54) is 26.3 Å². The average molecular weight is 256 g/mol. The second-order valence-corrected chi connectivity index (χ2v) is 4.80. The summed E-state index contributed by atoms with van der Waals surface area (Å²) in [5, 5.41) is 3.15. The van der Waals surface area contributed by atoms with Gasteiger partial charge in [0.15, 0.2) is 5.82 Å². The summed E-state index contributed by atoms with van der Waals surface area (Å²) in [4.78, 5) is 3.74. The van der Waals surface area contributed by atoms with Crippen LogP contribution in [0.2, 0.25) is 0 Å². The number of nitrogens with zero attached hydrogens (tertiary/aromatic N) is 1. The van der Waals surface area contributed by atoms with Gasteiger partial charge in [-0.3, -0.25) is 0 Å². The molecule has 1 fully saturated rings. The molecular formula is C13H18F2N2O. The average Bonchev–Trinajstić information content (AvgIpc) is 2.40. The Balaban J connectivity index is 2.33. The van der Waals surface area contributed by atoms with Crippen LogP contribution >= 0.6 is 0 Å². The van der Waals surface area contributed by atoms with Crippen molar-refractivity contribution in [1.82, 2.24) is 10.3 Å². The fourth-order valence-electron chi connectivity index (χ4n) is 2.48. The topological polar surface area (TPSA) is 34.1 Å². The van der Waals surface area contributed by atoms with Crippen LogP contribution in [0.3, 0.4) is 0 Å². The number of alkyl halides is 1. The third-order valence-electron chi connectivity index (χ3n) is 3.64. The van der Waals surface area contributed by atoms with E-state index in [1.54, 1.807) is 0 Å². The summed E-state index contributed by atoms with van der Waals surface area (Å²) >= 11 is 0. The van der Waals surface area contributed by atoms with Crippen LogP contribution in [0.25, 0.3) is 0 Å². The van der Waals surface area contributed by atoms with E-state index in [-0.39, 0.29) is 17.4 Å². The highest BCUT2D eigenvalue weighted by atomic mass is 19.1. The van der Waals surface area contributed by atoms with Crippen molar-refractivity contribution in [3.05, 3.63) is 23.6 Å². The number of nitrogens with one attached hydrogen (secondary N) is 1. The van der Waals surface area contributed by atoms with E-state index in [0.717, 1.165) is 19.4 Å². The Bertz CT molecular complexity index is 417. The SMILES string of the molecule is COc1nccc(C(C)(F)C2CCCNC2)c1F. The maximum absolute atomic E-state index is 14.9.